The number of aromatic nitrogens is 3. The number of para-hydroxylation sites is 1. The number of fused-ring (bicyclic) bond motifs is 1. The Morgan fingerprint density at radius 3 is 2.61 bits per heavy atom. The van der Waals surface area contributed by atoms with Crippen molar-refractivity contribution >= 4 is 28.4 Å². The van der Waals surface area contributed by atoms with Crippen LogP contribution in [0, 0.1) is 5.82 Å². The minimum atomic E-state index is -0.379. The molecule has 8 heteroatoms. The van der Waals surface area contributed by atoms with Crippen LogP contribution in [0.25, 0.3) is 16.6 Å². The Kier molecular flexibility index (Phi) is 4.66. The van der Waals surface area contributed by atoms with E-state index in [1.54, 1.807) is 47.6 Å². The van der Waals surface area contributed by atoms with Gasteiger partial charge < -0.3 is 4.90 Å². The van der Waals surface area contributed by atoms with Crippen molar-refractivity contribution in [1.29, 1.82) is 0 Å². The molecule has 2 aromatic carbocycles. The van der Waals surface area contributed by atoms with E-state index >= 15 is 0 Å². The molecule has 0 atom stereocenters. The van der Waals surface area contributed by atoms with Crippen molar-refractivity contribution in [3.05, 3.63) is 84.6 Å². The molecule has 2 aromatic heterocycles. The number of carbonyl (C=O) groups is 2. The first-order valence-electron chi connectivity index (χ1n) is 9.85. The fourth-order valence-corrected chi connectivity index (χ4v) is 3.83. The summed E-state index contributed by atoms with van der Waals surface area (Å²) in [6.45, 7) is 0.872. The van der Waals surface area contributed by atoms with Crippen molar-refractivity contribution in [1.82, 2.24) is 19.7 Å². The summed E-state index contributed by atoms with van der Waals surface area (Å²) in [7, 11) is 0. The largest absolute Gasteiger partial charge is 0.325 e. The lowest BCUT2D eigenvalue weighted by atomic mass is 10.2. The van der Waals surface area contributed by atoms with Crippen molar-refractivity contribution in [3.63, 3.8) is 0 Å². The first-order valence-corrected chi connectivity index (χ1v) is 9.85. The van der Waals surface area contributed by atoms with Gasteiger partial charge in [-0.25, -0.2) is 13.9 Å². The summed E-state index contributed by atoms with van der Waals surface area (Å²) in [5, 5.41) is 5.09. The number of hydrogen-bond acceptors (Lipinski definition) is 4. The molecule has 1 aliphatic rings. The number of benzene rings is 2. The summed E-state index contributed by atoms with van der Waals surface area (Å²) in [6.07, 6.45) is 4.73. The molecule has 1 saturated heterocycles. The summed E-state index contributed by atoms with van der Waals surface area (Å²) in [5.74, 6) is -0.538. The molecule has 2 amide bonds. The molecule has 0 bridgehead atoms. The van der Waals surface area contributed by atoms with Gasteiger partial charge in [0.1, 0.15) is 11.5 Å². The van der Waals surface area contributed by atoms with Gasteiger partial charge in [0.15, 0.2) is 5.78 Å². The van der Waals surface area contributed by atoms with Crippen LogP contribution in [-0.2, 0) is 0 Å². The molecule has 3 heterocycles. The zero-order chi connectivity index (χ0) is 21.4. The summed E-state index contributed by atoms with van der Waals surface area (Å²) in [5.41, 5.74) is 2.19. The monoisotopic (exact) mass is 415 g/mol. The van der Waals surface area contributed by atoms with Gasteiger partial charge in [-0.3, -0.25) is 14.7 Å². The number of halogens is 1. The van der Waals surface area contributed by atoms with E-state index in [4.69, 9.17) is 0 Å². The van der Waals surface area contributed by atoms with E-state index in [0.717, 1.165) is 5.39 Å². The Bertz CT molecular complexity index is 1290. The first kappa shape index (κ1) is 18.9. The number of hydrogen-bond donors (Lipinski definition) is 0. The molecule has 4 aromatic rings. The first-order chi connectivity index (χ1) is 15.1. The number of rotatable bonds is 5. The van der Waals surface area contributed by atoms with E-state index in [1.165, 1.54) is 21.8 Å². The number of anilines is 1. The normalized spacial score (nSPS) is 13.9. The van der Waals surface area contributed by atoms with Crippen LogP contribution in [0.2, 0.25) is 0 Å². The second kappa shape index (κ2) is 7.64. The van der Waals surface area contributed by atoms with E-state index in [-0.39, 0.29) is 24.2 Å². The van der Waals surface area contributed by atoms with Crippen molar-refractivity contribution in [2.75, 3.05) is 24.5 Å². The van der Waals surface area contributed by atoms with Crippen LogP contribution in [0.1, 0.15) is 10.4 Å². The average molecular weight is 415 g/mol. The number of urea groups is 1. The van der Waals surface area contributed by atoms with E-state index in [2.05, 4.69) is 10.1 Å². The fraction of sp³-hybridized carbons (Fsp3) is 0.130. The van der Waals surface area contributed by atoms with Crippen LogP contribution in [0.3, 0.4) is 0 Å². The van der Waals surface area contributed by atoms with E-state index < -0.39 is 0 Å². The highest BCUT2D eigenvalue weighted by Crippen LogP contribution is 2.31. The van der Waals surface area contributed by atoms with Gasteiger partial charge >= 0.3 is 6.03 Å². The summed E-state index contributed by atoms with van der Waals surface area (Å²) in [4.78, 5) is 32.7. The quantitative estimate of drug-likeness (QED) is 0.466. The van der Waals surface area contributed by atoms with Crippen LogP contribution in [0.15, 0.2) is 73.2 Å². The zero-order valence-corrected chi connectivity index (χ0v) is 16.5. The van der Waals surface area contributed by atoms with E-state index in [1.807, 2.05) is 18.2 Å². The minimum Gasteiger partial charge on any atom is -0.315 e. The van der Waals surface area contributed by atoms with E-state index in [0.29, 0.717) is 35.5 Å². The maximum Gasteiger partial charge on any atom is 0.325 e. The lowest BCUT2D eigenvalue weighted by molar-refractivity contribution is 0.0954. The Morgan fingerprint density at radius 1 is 0.968 bits per heavy atom. The molecular formula is C23H18FN5O2. The van der Waals surface area contributed by atoms with Crippen LogP contribution < -0.4 is 4.90 Å². The number of Topliss-reactive ketones (excluding diaryl/α,β-unsaturated/α-hetero) is 1. The third kappa shape index (κ3) is 3.31. The second-order valence-corrected chi connectivity index (χ2v) is 7.24. The standard InChI is InChI=1S/C23H18FN5O2/c24-18-6-1-2-7-21(18)29-20-9-3-8-19(17(20)14-26-29)28-12-11-27(23(28)31)15-22(30)16-5-4-10-25-13-16/h1-10,13-14H,11-12,15H2. The molecule has 7 nitrogen and oxygen atoms in total. The number of pyridine rings is 1. The maximum atomic E-state index is 14.3. The third-order valence-corrected chi connectivity index (χ3v) is 5.37. The lowest BCUT2D eigenvalue weighted by Gasteiger charge is -2.19. The molecule has 1 fully saturated rings. The smallest absolute Gasteiger partial charge is 0.315 e. The van der Waals surface area contributed by atoms with Gasteiger partial charge in [-0.1, -0.05) is 18.2 Å². The number of carbonyl (C=O) groups excluding carboxylic acids is 2. The molecule has 1 aliphatic heterocycles. The predicted molar refractivity (Wildman–Crippen MR) is 114 cm³/mol. The molecule has 0 unspecified atom stereocenters. The third-order valence-electron chi connectivity index (χ3n) is 5.37. The number of nitrogens with zero attached hydrogens (tertiary/aromatic N) is 5. The Balaban J connectivity index is 1.43. The molecule has 0 radical (unpaired) electrons. The SMILES string of the molecule is O=C(CN1CCN(c2cccc3c2cnn3-c2ccccc2F)C1=O)c1cccnc1. The fourth-order valence-electron chi connectivity index (χ4n) is 3.83. The Labute approximate surface area is 177 Å². The highest BCUT2D eigenvalue weighted by Gasteiger charge is 2.32. The summed E-state index contributed by atoms with van der Waals surface area (Å²) in [6, 6.07) is 15.0. The topological polar surface area (TPSA) is 71.3 Å². The molecular weight excluding hydrogens is 397 g/mol. The number of ketones is 1. The highest BCUT2D eigenvalue weighted by molar-refractivity contribution is 6.06. The molecule has 31 heavy (non-hydrogen) atoms. The van der Waals surface area contributed by atoms with Gasteiger partial charge in [0.25, 0.3) is 0 Å². The average Bonchev–Trinajstić information content (AvgIpc) is 3.38. The van der Waals surface area contributed by atoms with Gasteiger partial charge in [-0.05, 0) is 36.4 Å². The second-order valence-electron chi connectivity index (χ2n) is 7.24. The molecule has 0 saturated carbocycles. The summed E-state index contributed by atoms with van der Waals surface area (Å²) >= 11 is 0. The molecule has 0 spiro atoms. The van der Waals surface area contributed by atoms with Gasteiger partial charge in [0.05, 0.1) is 23.9 Å². The minimum absolute atomic E-state index is 0.00844. The van der Waals surface area contributed by atoms with Crippen LogP contribution >= 0.6 is 0 Å². The molecule has 0 aliphatic carbocycles. The van der Waals surface area contributed by atoms with Crippen LogP contribution in [0.4, 0.5) is 14.9 Å². The van der Waals surface area contributed by atoms with Crippen molar-refractivity contribution < 1.29 is 14.0 Å². The Hall–Kier alpha value is -4.07. The van der Waals surface area contributed by atoms with Gasteiger partial charge in [0, 0.05) is 36.4 Å². The van der Waals surface area contributed by atoms with E-state index in [9.17, 15) is 14.0 Å². The summed E-state index contributed by atoms with van der Waals surface area (Å²) < 4.78 is 15.8. The number of amides is 2. The zero-order valence-electron chi connectivity index (χ0n) is 16.5. The Morgan fingerprint density at radius 2 is 1.81 bits per heavy atom. The van der Waals surface area contributed by atoms with Crippen molar-refractivity contribution in [3.8, 4) is 5.69 Å². The van der Waals surface area contributed by atoms with Gasteiger partial charge in [-0.2, -0.15) is 5.10 Å². The molecule has 5 rings (SSSR count). The van der Waals surface area contributed by atoms with Crippen LogP contribution in [-0.4, -0.2) is 51.1 Å². The lowest BCUT2D eigenvalue weighted by Crippen LogP contribution is -2.35. The maximum absolute atomic E-state index is 14.3. The van der Waals surface area contributed by atoms with Gasteiger partial charge in [-0.15, -0.1) is 0 Å². The van der Waals surface area contributed by atoms with Crippen molar-refractivity contribution in [2.45, 2.75) is 0 Å². The van der Waals surface area contributed by atoms with Gasteiger partial charge in [0.2, 0.25) is 0 Å². The predicted octanol–water partition coefficient (Wildman–Crippen LogP) is 3.68. The van der Waals surface area contributed by atoms with Crippen molar-refractivity contribution in [2.24, 2.45) is 0 Å². The highest BCUT2D eigenvalue weighted by atomic mass is 19.1. The molecule has 154 valence electrons. The molecule has 0 N–H and O–H groups in total. The van der Waals surface area contributed by atoms with Crippen LogP contribution in [0.5, 0.6) is 0 Å².